The van der Waals surface area contributed by atoms with Crippen molar-refractivity contribution in [3.8, 4) is 0 Å². The molecule has 2 unspecified atom stereocenters. The lowest BCUT2D eigenvalue weighted by Crippen LogP contribution is -2.25. The van der Waals surface area contributed by atoms with Crippen molar-refractivity contribution in [2.45, 2.75) is 32.7 Å². The van der Waals surface area contributed by atoms with Gasteiger partial charge in [0.05, 0.1) is 18.4 Å². The molecule has 0 amide bonds. The summed E-state index contributed by atoms with van der Waals surface area (Å²) in [7, 11) is 0. The third-order valence-corrected chi connectivity index (χ3v) is 4.65. The molecule has 1 saturated carbocycles. The van der Waals surface area contributed by atoms with Crippen LogP contribution in [-0.2, 0) is 6.54 Å². The van der Waals surface area contributed by atoms with Crippen LogP contribution in [0.1, 0.15) is 26.2 Å². The maximum Gasteiger partial charge on any atom is 0.283 e. The van der Waals surface area contributed by atoms with Gasteiger partial charge in [-0.15, -0.1) is 6.58 Å². The number of allylic oxidation sites excluding steroid dienone is 1. The molecule has 104 valence electrons. The van der Waals surface area contributed by atoms with Crippen LogP contribution in [0.5, 0.6) is 0 Å². The van der Waals surface area contributed by atoms with Crippen LogP contribution < -0.4 is 10.9 Å². The molecule has 1 aromatic rings. The lowest BCUT2D eigenvalue weighted by molar-refractivity contribution is 0.439. The van der Waals surface area contributed by atoms with Crippen molar-refractivity contribution in [3.05, 3.63) is 33.7 Å². The second-order valence-corrected chi connectivity index (χ2v) is 5.99. The Labute approximate surface area is 122 Å². The number of rotatable bonds is 5. The van der Waals surface area contributed by atoms with E-state index in [1.807, 2.05) is 0 Å². The molecule has 0 aromatic carbocycles. The lowest BCUT2D eigenvalue weighted by Gasteiger charge is -2.17. The zero-order valence-electron chi connectivity index (χ0n) is 11.2. The molecule has 1 aromatic heterocycles. The number of nitrogens with zero attached hydrogens (tertiary/aromatic N) is 2. The van der Waals surface area contributed by atoms with E-state index < -0.39 is 0 Å². The van der Waals surface area contributed by atoms with Gasteiger partial charge in [-0.05, 0) is 34.2 Å². The van der Waals surface area contributed by atoms with E-state index in [9.17, 15) is 4.79 Å². The van der Waals surface area contributed by atoms with Crippen molar-refractivity contribution in [2.75, 3.05) is 11.9 Å². The van der Waals surface area contributed by atoms with Gasteiger partial charge in [-0.2, -0.15) is 5.10 Å². The fourth-order valence-corrected chi connectivity index (χ4v) is 3.05. The van der Waals surface area contributed by atoms with Gasteiger partial charge < -0.3 is 5.32 Å². The highest BCUT2D eigenvalue weighted by Gasteiger charge is 2.23. The average molecular weight is 326 g/mol. The average Bonchev–Trinajstić information content (AvgIpc) is 2.80. The molecule has 1 N–H and O–H groups in total. The summed E-state index contributed by atoms with van der Waals surface area (Å²) in [6, 6.07) is 0. The van der Waals surface area contributed by atoms with E-state index >= 15 is 0 Å². The van der Waals surface area contributed by atoms with Gasteiger partial charge in [0.25, 0.3) is 5.56 Å². The van der Waals surface area contributed by atoms with Crippen molar-refractivity contribution in [1.29, 1.82) is 0 Å². The molecule has 4 nitrogen and oxygen atoms in total. The van der Waals surface area contributed by atoms with Gasteiger partial charge in [0.2, 0.25) is 0 Å². The summed E-state index contributed by atoms with van der Waals surface area (Å²) in [4.78, 5) is 12.0. The van der Waals surface area contributed by atoms with Crippen molar-refractivity contribution >= 4 is 21.6 Å². The third-order valence-electron chi connectivity index (χ3n) is 3.88. The Morgan fingerprint density at radius 3 is 3.05 bits per heavy atom. The molecule has 1 heterocycles. The predicted molar refractivity (Wildman–Crippen MR) is 81.4 cm³/mol. The molecule has 0 radical (unpaired) electrons. The summed E-state index contributed by atoms with van der Waals surface area (Å²) in [5.41, 5.74) is 0.661. The lowest BCUT2D eigenvalue weighted by atomic mass is 9.98. The molecule has 0 bridgehead atoms. The van der Waals surface area contributed by atoms with Gasteiger partial charge in [0.15, 0.2) is 0 Å². The van der Waals surface area contributed by atoms with Gasteiger partial charge >= 0.3 is 0 Å². The molecular weight excluding hydrogens is 306 g/mol. The zero-order valence-corrected chi connectivity index (χ0v) is 12.8. The molecule has 0 spiro atoms. The highest BCUT2D eigenvalue weighted by atomic mass is 79.9. The number of hydrogen-bond acceptors (Lipinski definition) is 3. The van der Waals surface area contributed by atoms with Crippen LogP contribution in [-0.4, -0.2) is 16.3 Å². The first-order valence-electron chi connectivity index (χ1n) is 6.74. The van der Waals surface area contributed by atoms with Crippen molar-refractivity contribution in [2.24, 2.45) is 11.8 Å². The largest absolute Gasteiger partial charge is 0.382 e. The zero-order chi connectivity index (χ0) is 13.8. The van der Waals surface area contributed by atoms with E-state index in [1.165, 1.54) is 23.9 Å². The Kier molecular flexibility index (Phi) is 4.80. The third kappa shape index (κ3) is 3.26. The highest BCUT2D eigenvalue weighted by Crippen LogP contribution is 2.31. The van der Waals surface area contributed by atoms with Crippen LogP contribution in [0.4, 0.5) is 5.69 Å². The number of hydrogen-bond donors (Lipinski definition) is 1. The second kappa shape index (κ2) is 6.37. The maximum absolute atomic E-state index is 12.0. The normalized spacial score (nSPS) is 22.4. The first kappa shape index (κ1) is 14.3. The van der Waals surface area contributed by atoms with Gasteiger partial charge in [0, 0.05) is 6.54 Å². The highest BCUT2D eigenvalue weighted by molar-refractivity contribution is 9.10. The van der Waals surface area contributed by atoms with E-state index in [1.54, 1.807) is 12.3 Å². The summed E-state index contributed by atoms with van der Waals surface area (Å²) < 4.78 is 1.94. The number of nitrogens with one attached hydrogen (secondary N) is 1. The first-order valence-corrected chi connectivity index (χ1v) is 7.53. The van der Waals surface area contributed by atoms with E-state index in [0.29, 0.717) is 16.9 Å². The molecular formula is C14H20BrN3O. The molecule has 2 rings (SSSR count). The molecule has 1 fully saturated rings. The first-order chi connectivity index (χ1) is 9.13. The van der Waals surface area contributed by atoms with E-state index in [4.69, 9.17) is 0 Å². The monoisotopic (exact) mass is 325 g/mol. The Bertz CT molecular complexity index is 512. The summed E-state index contributed by atoms with van der Waals surface area (Å²) in [6.45, 7) is 7.25. The van der Waals surface area contributed by atoms with Gasteiger partial charge in [-0.25, -0.2) is 4.68 Å². The fourth-order valence-electron chi connectivity index (χ4n) is 2.61. The van der Waals surface area contributed by atoms with Crippen molar-refractivity contribution < 1.29 is 0 Å². The molecule has 0 aliphatic heterocycles. The van der Waals surface area contributed by atoms with Crippen LogP contribution >= 0.6 is 15.9 Å². The van der Waals surface area contributed by atoms with Crippen molar-refractivity contribution in [1.82, 2.24) is 9.78 Å². The predicted octanol–water partition coefficient (Wildman–Crippen LogP) is 3.04. The SMILES string of the molecule is C=CCn1ncc(NCC2CCCC2C)c(Br)c1=O. The smallest absolute Gasteiger partial charge is 0.283 e. The van der Waals surface area contributed by atoms with E-state index in [0.717, 1.165) is 18.2 Å². The fraction of sp³-hybridized carbons (Fsp3) is 0.571. The minimum atomic E-state index is -0.121. The quantitative estimate of drug-likeness (QED) is 0.846. The molecule has 5 heteroatoms. The van der Waals surface area contributed by atoms with Crippen LogP contribution in [0.25, 0.3) is 0 Å². The molecule has 2 atom stereocenters. The van der Waals surface area contributed by atoms with E-state index in [2.05, 4.69) is 39.8 Å². The molecule has 19 heavy (non-hydrogen) atoms. The van der Waals surface area contributed by atoms with Crippen molar-refractivity contribution in [3.63, 3.8) is 0 Å². The Hall–Kier alpha value is -1.10. The number of halogens is 1. The van der Waals surface area contributed by atoms with Crippen LogP contribution in [0.3, 0.4) is 0 Å². The van der Waals surface area contributed by atoms with Crippen LogP contribution in [0, 0.1) is 11.8 Å². The minimum absolute atomic E-state index is 0.121. The maximum atomic E-state index is 12.0. The molecule has 0 saturated heterocycles. The number of anilines is 1. The topological polar surface area (TPSA) is 46.9 Å². The summed E-state index contributed by atoms with van der Waals surface area (Å²) >= 11 is 3.36. The van der Waals surface area contributed by atoms with Crippen LogP contribution in [0.2, 0.25) is 0 Å². The Morgan fingerprint density at radius 2 is 2.42 bits per heavy atom. The summed E-state index contributed by atoms with van der Waals surface area (Å²) in [5.74, 6) is 1.46. The van der Waals surface area contributed by atoms with Gasteiger partial charge in [-0.3, -0.25) is 4.79 Å². The van der Waals surface area contributed by atoms with E-state index in [-0.39, 0.29) is 5.56 Å². The molecule has 1 aliphatic rings. The Morgan fingerprint density at radius 1 is 1.63 bits per heavy atom. The summed E-state index contributed by atoms with van der Waals surface area (Å²) in [5, 5.41) is 7.48. The van der Waals surface area contributed by atoms with Gasteiger partial charge in [0.1, 0.15) is 4.47 Å². The number of aromatic nitrogens is 2. The standard InChI is InChI=1S/C14H20BrN3O/c1-3-7-18-14(19)13(15)12(9-17-18)16-8-11-6-4-5-10(11)2/h3,9-11,16H,1,4-8H2,2H3. The second-order valence-electron chi connectivity index (χ2n) is 5.20. The Balaban J connectivity index is 2.06. The van der Waals surface area contributed by atoms with Crippen LogP contribution in [0.15, 0.2) is 28.1 Å². The summed E-state index contributed by atoms with van der Waals surface area (Å²) in [6.07, 6.45) is 7.26. The minimum Gasteiger partial charge on any atom is -0.382 e. The molecule has 1 aliphatic carbocycles. The van der Waals surface area contributed by atoms with Gasteiger partial charge in [-0.1, -0.05) is 25.8 Å².